The van der Waals surface area contributed by atoms with Crippen LogP contribution in [0.4, 0.5) is 0 Å². The monoisotopic (exact) mass is 289 g/mol. The number of Topliss-reactive ketones (excluding diaryl/α,β-unsaturated/α-hetero) is 1. The lowest BCUT2D eigenvalue weighted by atomic mass is 9.91. The summed E-state index contributed by atoms with van der Waals surface area (Å²) in [4.78, 5) is 14.7. The van der Waals surface area contributed by atoms with E-state index in [1.165, 1.54) is 11.1 Å². The van der Waals surface area contributed by atoms with Crippen LogP contribution in [0.25, 0.3) is 0 Å². The number of hydrogen-bond acceptors (Lipinski definition) is 3. The molecule has 1 aliphatic rings. The highest BCUT2D eigenvalue weighted by Gasteiger charge is 2.24. The van der Waals surface area contributed by atoms with Crippen LogP contribution < -0.4 is 0 Å². The largest absolute Gasteiger partial charge is 0.393 e. The molecule has 1 unspecified atom stereocenters. The Balaban J connectivity index is 1.98. The highest BCUT2D eigenvalue weighted by molar-refractivity contribution is 5.99. The quantitative estimate of drug-likeness (QED) is 0.867. The van der Waals surface area contributed by atoms with Crippen LogP contribution >= 0.6 is 0 Å². The summed E-state index contributed by atoms with van der Waals surface area (Å²) >= 11 is 0. The van der Waals surface area contributed by atoms with Crippen molar-refractivity contribution in [2.75, 3.05) is 19.6 Å². The number of carbonyl (C=O) groups is 1. The van der Waals surface area contributed by atoms with E-state index < -0.39 is 0 Å². The van der Waals surface area contributed by atoms with Crippen LogP contribution in [0.15, 0.2) is 12.1 Å². The molecule has 3 heteroatoms. The lowest BCUT2D eigenvalue weighted by molar-refractivity contribution is 0.0664. The molecule has 1 heterocycles. The number of piperidine rings is 1. The van der Waals surface area contributed by atoms with Crippen molar-refractivity contribution in [1.82, 2.24) is 4.90 Å². The molecule has 0 aromatic heterocycles. The molecule has 1 aliphatic heterocycles. The molecule has 0 spiro atoms. The summed E-state index contributed by atoms with van der Waals surface area (Å²) < 4.78 is 0. The Morgan fingerprint density at radius 3 is 2.33 bits per heavy atom. The zero-order chi connectivity index (χ0) is 15.6. The highest BCUT2D eigenvalue weighted by Crippen LogP contribution is 2.21. The molecule has 2 rings (SSSR count). The Morgan fingerprint density at radius 2 is 1.76 bits per heavy atom. The van der Waals surface area contributed by atoms with Gasteiger partial charge in [0.15, 0.2) is 5.78 Å². The Labute approximate surface area is 128 Å². The zero-order valence-corrected chi connectivity index (χ0v) is 13.6. The fraction of sp³-hybridized carbons (Fsp3) is 0.611. The number of ketones is 1. The number of benzene rings is 1. The summed E-state index contributed by atoms with van der Waals surface area (Å²) in [6.07, 6.45) is 1.73. The van der Waals surface area contributed by atoms with Crippen LogP contribution in [-0.4, -0.2) is 41.5 Å². The predicted octanol–water partition coefficient (Wildman–Crippen LogP) is 2.89. The first kappa shape index (κ1) is 16.2. The molecule has 0 bridgehead atoms. The van der Waals surface area contributed by atoms with E-state index >= 15 is 0 Å². The first-order valence-electron chi connectivity index (χ1n) is 7.90. The first-order chi connectivity index (χ1) is 9.88. The molecule has 21 heavy (non-hydrogen) atoms. The van der Waals surface area contributed by atoms with E-state index in [1.807, 2.05) is 19.9 Å². The van der Waals surface area contributed by atoms with Crippen molar-refractivity contribution in [1.29, 1.82) is 0 Å². The molecule has 116 valence electrons. The third-order valence-electron chi connectivity index (χ3n) is 4.82. The second-order valence-corrected chi connectivity index (χ2v) is 6.53. The van der Waals surface area contributed by atoms with E-state index in [4.69, 9.17) is 0 Å². The number of aliphatic hydroxyl groups excluding tert-OH is 1. The van der Waals surface area contributed by atoms with Gasteiger partial charge < -0.3 is 5.11 Å². The Bertz CT molecular complexity index is 514. The smallest absolute Gasteiger partial charge is 0.177 e. The molecular weight excluding hydrogens is 262 g/mol. The van der Waals surface area contributed by atoms with E-state index in [-0.39, 0.29) is 11.9 Å². The summed E-state index contributed by atoms with van der Waals surface area (Å²) in [5.41, 5.74) is 4.34. The third kappa shape index (κ3) is 3.92. The summed E-state index contributed by atoms with van der Waals surface area (Å²) in [5, 5.41) is 9.63. The Morgan fingerprint density at radius 1 is 1.19 bits per heavy atom. The number of nitrogens with zero attached hydrogens (tertiary/aromatic N) is 1. The van der Waals surface area contributed by atoms with Gasteiger partial charge in [0.25, 0.3) is 0 Å². The maximum Gasteiger partial charge on any atom is 0.177 e. The summed E-state index contributed by atoms with van der Waals surface area (Å²) in [6, 6.07) is 4.12. The van der Waals surface area contributed by atoms with Gasteiger partial charge in [-0.05, 0) is 82.3 Å². The predicted molar refractivity (Wildman–Crippen MR) is 85.8 cm³/mol. The highest BCUT2D eigenvalue weighted by atomic mass is 16.3. The number of aryl methyl sites for hydroxylation is 3. The van der Waals surface area contributed by atoms with Crippen molar-refractivity contribution in [2.45, 2.75) is 46.6 Å². The molecule has 1 N–H and O–H groups in total. The molecule has 0 radical (unpaired) electrons. The van der Waals surface area contributed by atoms with E-state index in [1.54, 1.807) is 0 Å². The van der Waals surface area contributed by atoms with E-state index in [0.29, 0.717) is 12.5 Å². The number of hydrogen-bond donors (Lipinski definition) is 1. The van der Waals surface area contributed by atoms with Gasteiger partial charge in [0.05, 0.1) is 12.6 Å². The zero-order valence-electron chi connectivity index (χ0n) is 13.6. The van der Waals surface area contributed by atoms with Crippen LogP contribution in [0.5, 0.6) is 0 Å². The van der Waals surface area contributed by atoms with Gasteiger partial charge in [-0.2, -0.15) is 0 Å². The second-order valence-electron chi connectivity index (χ2n) is 6.53. The van der Waals surface area contributed by atoms with E-state index in [2.05, 4.69) is 24.8 Å². The number of likely N-dealkylation sites (tertiary alicyclic amines) is 1. The normalized spacial score (nSPS) is 18.7. The molecule has 0 aliphatic carbocycles. The fourth-order valence-electron chi connectivity index (χ4n) is 3.14. The van der Waals surface area contributed by atoms with Gasteiger partial charge >= 0.3 is 0 Å². The lowest BCUT2D eigenvalue weighted by Crippen LogP contribution is -2.39. The van der Waals surface area contributed by atoms with Gasteiger partial charge in [-0.1, -0.05) is 6.07 Å². The molecular formula is C18H27NO2. The molecule has 0 saturated carbocycles. The van der Waals surface area contributed by atoms with E-state index in [0.717, 1.165) is 37.1 Å². The average molecular weight is 289 g/mol. The van der Waals surface area contributed by atoms with Crippen LogP contribution in [0.2, 0.25) is 0 Å². The van der Waals surface area contributed by atoms with Crippen molar-refractivity contribution in [3.8, 4) is 0 Å². The number of carbonyl (C=O) groups excluding carboxylic acids is 1. The van der Waals surface area contributed by atoms with Gasteiger partial charge in [0.1, 0.15) is 0 Å². The SMILES string of the molecule is Cc1cc(C)c(C(=O)CN2CCC(C(C)O)CC2)cc1C. The lowest BCUT2D eigenvalue weighted by Gasteiger charge is -2.32. The Kier molecular flexibility index (Phi) is 5.17. The second kappa shape index (κ2) is 6.71. The van der Waals surface area contributed by atoms with Crippen molar-refractivity contribution < 1.29 is 9.90 Å². The minimum atomic E-state index is -0.232. The number of aliphatic hydroxyl groups is 1. The van der Waals surface area contributed by atoms with Crippen LogP contribution in [0.1, 0.15) is 46.8 Å². The maximum atomic E-state index is 12.5. The molecule has 3 nitrogen and oxygen atoms in total. The molecule has 1 saturated heterocycles. The standard InChI is InChI=1S/C18H27NO2/c1-12-9-14(3)17(10-13(12)2)18(21)11-19-7-5-16(6-8-19)15(4)20/h9-10,15-16,20H,5-8,11H2,1-4H3. The van der Waals surface area contributed by atoms with Crippen molar-refractivity contribution in [3.05, 3.63) is 34.4 Å². The van der Waals surface area contributed by atoms with Crippen molar-refractivity contribution >= 4 is 5.78 Å². The van der Waals surface area contributed by atoms with Crippen LogP contribution in [0.3, 0.4) is 0 Å². The fourth-order valence-corrected chi connectivity index (χ4v) is 3.14. The number of rotatable bonds is 4. The molecule has 0 amide bonds. The van der Waals surface area contributed by atoms with Crippen LogP contribution in [0, 0.1) is 26.7 Å². The topological polar surface area (TPSA) is 40.5 Å². The molecule has 1 aromatic carbocycles. The van der Waals surface area contributed by atoms with Crippen molar-refractivity contribution in [2.24, 2.45) is 5.92 Å². The summed E-state index contributed by atoms with van der Waals surface area (Å²) in [5.74, 6) is 0.603. The van der Waals surface area contributed by atoms with E-state index in [9.17, 15) is 9.90 Å². The molecule has 1 aromatic rings. The minimum Gasteiger partial charge on any atom is -0.393 e. The third-order valence-corrected chi connectivity index (χ3v) is 4.82. The van der Waals surface area contributed by atoms with Crippen LogP contribution in [-0.2, 0) is 0 Å². The Hall–Kier alpha value is -1.19. The van der Waals surface area contributed by atoms with Gasteiger partial charge in [0, 0.05) is 5.56 Å². The van der Waals surface area contributed by atoms with Gasteiger partial charge in [0.2, 0.25) is 0 Å². The van der Waals surface area contributed by atoms with Gasteiger partial charge in [-0.3, -0.25) is 9.69 Å². The summed E-state index contributed by atoms with van der Waals surface area (Å²) in [7, 11) is 0. The maximum absolute atomic E-state index is 12.5. The summed E-state index contributed by atoms with van der Waals surface area (Å²) in [6.45, 7) is 10.3. The van der Waals surface area contributed by atoms with Gasteiger partial charge in [-0.15, -0.1) is 0 Å². The minimum absolute atomic E-state index is 0.214. The molecule has 1 atom stereocenters. The van der Waals surface area contributed by atoms with Crippen molar-refractivity contribution in [3.63, 3.8) is 0 Å². The average Bonchev–Trinajstić information content (AvgIpc) is 2.43. The van der Waals surface area contributed by atoms with Gasteiger partial charge in [-0.25, -0.2) is 0 Å². The first-order valence-corrected chi connectivity index (χ1v) is 7.90. The molecule has 1 fully saturated rings.